The van der Waals surface area contributed by atoms with Crippen molar-refractivity contribution >= 4 is 29.7 Å². The van der Waals surface area contributed by atoms with Crippen molar-refractivity contribution in [3.8, 4) is 5.75 Å². The Labute approximate surface area is 131 Å². The van der Waals surface area contributed by atoms with E-state index in [9.17, 15) is 0 Å². The van der Waals surface area contributed by atoms with Gasteiger partial charge in [0, 0.05) is 17.1 Å². The van der Waals surface area contributed by atoms with Crippen LogP contribution in [0.25, 0.3) is 0 Å². The minimum absolute atomic E-state index is 0. The van der Waals surface area contributed by atoms with E-state index in [4.69, 9.17) is 21.2 Å². The van der Waals surface area contributed by atoms with Crippen LogP contribution >= 0.6 is 24.0 Å². The van der Waals surface area contributed by atoms with Gasteiger partial charge in [-0.25, -0.2) is 0 Å². The van der Waals surface area contributed by atoms with Crippen molar-refractivity contribution in [2.75, 3.05) is 33.9 Å². The average molecular weight is 319 g/mol. The SMILES string of the molecule is CN(C)CCO/N=C1\CCCOc2ccc(Cl)cc21.Cl. The Balaban J connectivity index is 0.00000200. The van der Waals surface area contributed by atoms with Gasteiger partial charge >= 0.3 is 0 Å². The molecule has 0 radical (unpaired) electrons. The van der Waals surface area contributed by atoms with E-state index in [-0.39, 0.29) is 12.4 Å². The Bertz CT molecular complexity index is 464. The van der Waals surface area contributed by atoms with E-state index >= 15 is 0 Å². The van der Waals surface area contributed by atoms with E-state index in [1.54, 1.807) is 0 Å². The summed E-state index contributed by atoms with van der Waals surface area (Å²) in [4.78, 5) is 7.44. The van der Waals surface area contributed by atoms with E-state index in [2.05, 4.69) is 10.1 Å². The Morgan fingerprint density at radius 3 is 2.95 bits per heavy atom. The van der Waals surface area contributed by atoms with Gasteiger partial charge in [0.05, 0.1) is 12.3 Å². The maximum absolute atomic E-state index is 6.04. The molecular weight excluding hydrogens is 299 g/mol. The van der Waals surface area contributed by atoms with Crippen molar-refractivity contribution in [1.29, 1.82) is 0 Å². The van der Waals surface area contributed by atoms with Crippen LogP contribution in [0.2, 0.25) is 5.02 Å². The lowest BCUT2D eigenvalue weighted by Crippen LogP contribution is -2.17. The number of oxime groups is 1. The second-order valence-corrected chi connectivity index (χ2v) is 5.20. The number of rotatable bonds is 4. The van der Waals surface area contributed by atoms with E-state index in [0.717, 1.165) is 36.4 Å². The molecule has 0 saturated heterocycles. The fourth-order valence-electron chi connectivity index (χ4n) is 1.85. The standard InChI is InChI=1S/C14H19ClN2O2.ClH/c1-17(2)7-9-19-16-13-4-3-8-18-14-6-5-11(15)10-12(13)14;/h5-6,10H,3-4,7-9H2,1-2H3;1H/b16-13+;. The molecule has 1 aliphatic heterocycles. The molecule has 0 fully saturated rings. The molecule has 1 aliphatic rings. The van der Waals surface area contributed by atoms with Crippen molar-refractivity contribution in [2.45, 2.75) is 12.8 Å². The van der Waals surface area contributed by atoms with Crippen LogP contribution in [-0.2, 0) is 4.84 Å². The van der Waals surface area contributed by atoms with E-state index < -0.39 is 0 Å². The van der Waals surface area contributed by atoms with E-state index in [1.807, 2.05) is 32.3 Å². The Morgan fingerprint density at radius 2 is 2.20 bits per heavy atom. The minimum atomic E-state index is 0. The molecule has 0 spiro atoms. The smallest absolute Gasteiger partial charge is 0.129 e. The molecule has 1 aromatic rings. The fraction of sp³-hybridized carbons (Fsp3) is 0.500. The Morgan fingerprint density at radius 1 is 1.40 bits per heavy atom. The lowest BCUT2D eigenvalue weighted by atomic mass is 10.1. The van der Waals surface area contributed by atoms with Gasteiger partial charge in [0.1, 0.15) is 12.4 Å². The van der Waals surface area contributed by atoms with Gasteiger partial charge in [0.15, 0.2) is 0 Å². The molecule has 0 bridgehead atoms. The largest absolute Gasteiger partial charge is 0.493 e. The van der Waals surface area contributed by atoms with Gasteiger partial charge in [-0.3, -0.25) is 0 Å². The highest BCUT2D eigenvalue weighted by Crippen LogP contribution is 2.27. The van der Waals surface area contributed by atoms with Gasteiger partial charge in [-0.2, -0.15) is 0 Å². The third-order valence-electron chi connectivity index (χ3n) is 2.87. The van der Waals surface area contributed by atoms with Crippen LogP contribution < -0.4 is 4.74 Å². The van der Waals surface area contributed by atoms with Gasteiger partial charge in [0.2, 0.25) is 0 Å². The first kappa shape index (κ1) is 17.1. The first-order chi connectivity index (χ1) is 9.16. The number of hydrogen-bond donors (Lipinski definition) is 0. The molecule has 1 aromatic carbocycles. The molecule has 0 saturated carbocycles. The molecular formula is C14H20Cl2N2O2. The molecule has 1 heterocycles. The average Bonchev–Trinajstić information content (AvgIpc) is 2.57. The lowest BCUT2D eigenvalue weighted by molar-refractivity contribution is 0.125. The molecule has 20 heavy (non-hydrogen) atoms. The fourth-order valence-corrected chi connectivity index (χ4v) is 2.02. The van der Waals surface area contributed by atoms with Crippen LogP contribution in [0.1, 0.15) is 18.4 Å². The summed E-state index contributed by atoms with van der Waals surface area (Å²) in [7, 11) is 4.01. The van der Waals surface area contributed by atoms with E-state index in [1.165, 1.54) is 0 Å². The predicted molar refractivity (Wildman–Crippen MR) is 84.5 cm³/mol. The monoisotopic (exact) mass is 318 g/mol. The molecule has 4 nitrogen and oxygen atoms in total. The summed E-state index contributed by atoms with van der Waals surface area (Å²) in [6.07, 6.45) is 1.78. The van der Waals surface area contributed by atoms with Crippen molar-refractivity contribution in [1.82, 2.24) is 4.90 Å². The third-order valence-corrected chi connectivity index (χ3v) is 3.11. The van der Waals surface area contributed by atoms with Crippen LogP contribution in [0.3, 0.4) is 0 Å². The van der Waals surface area contributed by atoms with Crippen molar-refractivity contribution < 1.29 is 9.57 Å². The number of likely N-dealkylation sites (N-methyl/N-ethyl adjacent to an activating group) is 1. The van der Waals surface area contributed by atoms with Crippen LogP contribution in [-0.4, -0.2) is 44.5 Å². The zero-order valence-corrected chi connectivity index (χ0v) is 13.3. The summed E-state index contributed by atoms with van der Waals surface area (Å²) in [6.45, 7) is 2.12. The van der Waals surface area contributed by atoms with Crippen molar-refractivity contribution in [3.05, 3.63) is 28.8 Å². The molecule has 0 aromatic heterocycles. The minimum Gasteiger partial charge on any atom is -0.493 e. The number of halogens is 2. The van der Waals surface area contributed by atoms with Gasteiger partial charge in [-0.15, -0.1) is 12.4 Å². The van der Waals surface area contributed by atoms with Crippen LogP contribution in [0.4, 0.5) is 0 Å². The predicted octanol–water partition coefficient (Wildman–Crippen LogP) is 3.22. The highest BCUT2D eigenvalue weighted by atomic mass is 35.5. The van der Waals surface area contributed by atoms with Gasteiger partial charge < -0.3 is 14.5 Å². The highest BCUT2D eigenvalue weighted by Gasteiger charge is 2.16. The molecule has 112 valence electrons. The summed E-state index contributed by atoms with van der Waals surface area (Å²) < 4.78 is 5.67. The number of hydrogen-bond acceptors (Lipinski definition) is 4. The molecule has 2 rings (SSSR count). The Kier molecular flexibility index (Phi) is 7.13. The van der Waals surface area contributed by atoms with Crippen LogP contribution in [0.15, 0.2) is 23.4 Å². The molecule has 0 aliphatic carbocycles. The third kappa shape index (κ3) is 4.85. The zero-order chi connectivity index (χ0) is 13.7. The highest BCUT2D eigenvalue weighted by molar-refractivity contribution is 6.31. The number of benzene rings is 1. The molecule has 0 atom stereocenters. The van der Waals surface area contributed by atoms with Gasteiger partial charge in [-0.1, -0.05) is 16.8 Å². The maximum atomic E-state index is 6.04. The number of ether oxygens (including phenoxy) is 1. The second kappa shape index (κ2) is 8.35. The normalized spacial score (nSPS) is 16.1. The summed E-state index contributed by atoms with van der Waals surface area (Å²) in [5.74, 6) is 0.830. The summed E-state index contributed by atoms with van der Waals surface area (Å²) >= 11 is 6.04. The molecule has 0 amide bonds. The first-order valence-electron chi connectivity index (χ1n) is 6.43. The lowest BCUT2D eigenvalue weighted by Gasteiger charge is -2.10. The number of fused-ring (bicyclic) bond motifs is 1. The summed E-state index contributed by atoms with van der Waals surface area (Å²) in [5, 5.41) is 4.93. The second-order valence-electron chi connectivity index (χ2n) is 4.77. The first-order valence-corrected chi connectivity index (χ1v) is 6.81. The summed E-state index contributed by atoms with van der Waals surface area (Å²) in [5.41, 5.74) is 1.85. The van der Waals surface area contributed by atoms with Crippen LogP contribution in [0, 0.1) is 0 Å². The van der Waals surface area contributed by atoms with Gasteiger partial charge in [0.25, 0.3) is 0 Å². The summed E-state index contributed by atoms with van der Waals surface area (Å²) in [6, 6.07) is 5.60. The molecule has 0 unspecified atom stereocenters. The van der Waals surface area contributed by atoms with Gasteiger partial charge in [-0.05, 0) is 45.1 Å². The van der Waals surface area contributed by atoms with Crippen LogP contribution in [0.5, 0.6) is 5.75 Å². The molecule has 6 heteroatoms. The van der Waals surface area contributed by atoms with E-state index in [0.29, 0.717) is 18.2 Å². The maximum Gasteiger partial charge on any atom is 0.129 e. The zero-order valence-electron chi connectivity index (χ0n) is 11.8. The topological polar surface area (TPSA) is 34.1 Å². The number of nitrogens with zero attached hydrogens (tertiary/aromatic N) is 2. The Hall–Kier alpha value is -0.970. The quantitative estimate of drug-likeness (QED) is 0.631. The van der Waals surface area contributed by atoms with Crippen molar-refractivity contribution in [2.24, 2.45) is 5.16 Å². The van der Waals surface area contributed by atoms with Crippen molar-refractivity contribution in [3.63, 3.8) is 0 Å². The molecule has 0 N–H and O–H groups in total.